The smallest absolute Gasteiger partial charge is 0.289 e. The Morgan fingerprint density at radius 1 is 1.43 bits per heavy atom. The SMILES string of the molecule is Cc1oc(C(=O)N(C)C(C)CN)cc1S(=O)(=O)N1CCCC1.Cl. The summed E-state index contributed by atoms with van der Waals surface area (Å²) >= 11 is 0. The lowest BCUT2D eigenvalue weighted by molar-refractivity contribution is 0.0715. The van der Waals surface area contributed by atoms with Crippen LogP contribution in [0.2, 0.25) is 0 Å². The fourth-order valence-corrected chi connectivity index (χ4v) is 4.10. The normalized spacial score (nSPS) is 16.9. The summed E-state index contributed by atoms with van der Waals surface area (Å²) in [7, 11) is -1.97. The third-order valence-corrected chi connectivity index (χ3v) is 6.09. The molecule has 1 aliphatic rings. The predicted octanol–water partition coefficient (Wildman–Crippen LogP) is 1.21. The Labute approximate surface area is 143 Å². The number of nitrogens with two attached hydrogens (primary N) is 1. The van der Waals surface area contributed by atoms with Crippen LogP contribution in [-0.2, 0) is 10.0 Å². The monoisotopic (exact) mass is 365 g/mol. The largest absolute Gasteiger partial charge is 0.455 e. The molecule has 0 aromatic carbocycles. The van der Waals surface area contributed by atoms with Gasteiger partial charge in [0.25, 0.3) is 5.91 Å². The van der Waals surface area contributed by atoms with Crippen LogP contribution in [0, 0.1) is 6.92 Å². The van der Waals surface area contributed by atoms with E-state index in [0.29, 0.717) is 19.6 Å². The first-order valence-electron chi connectivity index (χ1n) is 7.37. The van der Waals surface area contributed by atoms with E-state index < -0.39 is 10.0 Å². The molecule has 0 radical (unpaired) electrons. The van der Waals surface area contributed by atoms with Crippen molar-refractivity contribution in [3.8, 4) is 0 Å². The van der Waals surface area contributed by atoms with Crippen LogP contribution >= 0.6 is 12.4 Å². The number of likely N-dealkylation sites (N-methyl/N-ethyl adjacent to an activating group) is 1. The van der Waals surface area contributed by atoms with Gasteiger partial charge in [0.1, 0.15) is 10.7 Å². The number of sulfonamides is 1. The molecule has 1 fully saturated rings. The number of hydrogen-bond acceptors (Lipinski definition) is 5. The lowest BCUT2D eigenvalue weighted by Gasteiger charge is -2.22. The number of amides is 1. The van der Waals surface area contributed by atoms with Crippen LogP contribution < -0.4 is 5.73 Å². The van der Waals surface area contributed by atoms with E-state index in [-0.39, 0.29) is 40.8 Å². The van der Waals surface area contributed by atoms with Crippen LogP contribution in [0.1, 0.15) is 36.1 Å². The number of carbonyl (C=O) groups excluding carboxylic acids is 1. The Hall–Kier alpha value is -1.09. The second-order valence-electron chi connectivity index (χ2n) is 5.64. The van der Waals surface area contributed by atoms with Crippen molar-refractivity contribution < 1.29 is 17.6 Å². The van der Waals surface area contributed by atoms with Crippen molar-refractivity contribution in [2.45, 2.75) is 37.6 Å². The van der Waals surface area contributed by atoms with Crippen molar-refractivity contribution in [2.75, 3.05) is 26.7 Å². The fourth-order valence-electron chi connectivity index (χ4n) is 2.43. The van der Waals surface area contributed by atoms with Crippen molar-refractivity contribution in [1.29, 1.82) is 0 Å². The zero-order valence-corrected chi connectivity index (χ0v) is 15.2. The van der Waals surface area contributed by atoms with Gasteiger partial charge in [-0.15, -0.1) is 12.4 Å². The molecule has 7 nitrogen and oxygen atoms in total. The summed E-state index contributed by atoms with van der Waals surface area (Å²) in [6.07, 6.45) is 1.72. The number of hydrogen-bond donors (Lipinski definition) is 1. The number of nitrogens with zero attached hydrogens (tertiary/aromatic N) is 2. The second-order valence-corrected chi connectivity index (χ2v) is 7.55. The van der Waals surface area contributed by atoms with Gasteiger partial charge < -0.3 is 15.1 Å². The maximum Gasteiger partial charge on any atom is 0.289 e. The Balaban J connectivity index is 0.00000264. The van der Waals surface area contributed by atoms with Crippen LogP contribution in [-0.4, -0.2) is 56.3 Å². The van der Waals surface area contributed by atoms with Gasteiger partial charge in [0, 0.05) is 38.8 Å². The minimum absolute atomic E-state index is 0. The third kappa shape index (κ3) is 3.88. The van der Waals surface area contributed by atoms with Gasteiger partial charge in [0.05, 0.1) is 0 Å². The van der Waals surface area contributed by atoms with E-state index in [1.807, 2.05) is 6.92 Å². The van der Waals surface area contributed by atoms with Crippen molar-refractivity contribution in [1.82, 2.24) is 9.21 Å². The molecular formula is C14H24ClN3O4S. The summed E-state index contributed by atoms with van der Waals surface area (Å²) in [6, 6.07) is 1.17. The number of rotatable bonds is 5. The lowest BCUT2D eigenvalue weighted by atomic mass is 10.3. The van der Waals surface area contributed by atoms with Gasteiger partial charge in [-0.2, -0.15) is 4.31 Å². The van der Waals surface area contributed by atoms with Crippen molar-refractivity contribution in [3.63, 3.8) is 0 Å². The van der Waals surface area contributed by atoms with E-state index >= 15 is 0 Å². The van der Waals surface area contributed by atoms with Gasteiger partial charge in [0.15, 0.2) is 5.76 Å². The minimum atomic E-state index is -3.59. The minimum Gasteiger partial charge on any atom is -0.455 e. The van der Waals surface area contributed by atoms with Gasteiger partial charge in [-0.05, 0) is 26.7 Å². The summed E-state index contributed by atoms with van der Waals surface area (Å²) in [5.74, 6) is -0.106. The molecule has 1 saturated heterocycles. The zero-order valence-electron chi connectivity index (χ0n) is 13.6. The van der Waals surface area contributed by atoms with Gasteiger partial charge in [-0.25, -0.2) is 8.42 Å². The molecule has 1 amide bonds. The highest BCUT2D eigenvalue weighted by atomic mass is 35.5. The summed E-state index contributed by atoms with van der Waals surface area (Å²) in [4.78, 5) is 13.9. The van der Waals surface area contributed by atoms with Crippen LogP contribution in [0.15, 0.2) is 15.4 Å². The van der Waals surface area contributed by atoms with Crippen molar-refractivity contribution in [2.24, 2.45) is 5.73 Å². The summed E-state index contributed by atoms with van der Waals surface area (Å²) < 4.78 is 32.0. The van der Waals surface area contributed by atoms with Gasteiger partial charge >= 0.3 is 0 Å². The highest BCUT2D eigenvalue weighted by Gasteiger charge is 2.32. The molecular weight excluding hydrogens is 342 g/mol. The molecule has 23 heavy (non-hydrogen) atoms. The van der Waals surface area contributed by atoms with Crippen LogP contribution in [0.3, 0.4) is 0 Å². The molecule has 0 bridgehead atoms. The lowest BCUT2D eigenvalue weighted by Crippen LogP contribution is -2.39. The molecule has 2 rings (SSSR count). The molecule has 1 aliphatic heterocycles. The summed E-state index contributed by atoms with van der Waals surface area (Å²) in [5.41, 5.74) is 5.55. The molecule has 1 aromatic rings. The van der Waals surface area contributed by atoms with Crippen LogP contribution in [0.25, 0.3) is 0 Å². The molecule has 2 N–H and O–H groups in total. The van der Waals surface area contributed by atoms with Gasteiger partial charge in [-0.1, -0.05) is 0 Å². The fraction of sp³-hybridized carbons (Fsp3) is 0.643. The standard InChI is InChI=1S/C14H23N3O4S.ClH/c1-10(9-15)16(3)14(18)12-8-13(11(2)21-12)22(19,20)17-6-4-5-7-17;/h8,10H,4-7,9,15H2,1-3H3;1H. The second kappa shape index (κ2) is 7.65. The molecule has 0 spiro atoms. The van der Waals surface area contributed by atoms with E-state index in [9.17, 15) is 13.2 Å². The number of furan rings is 1. The molecule has 0 saturated carbocycles. The Kier molecular flexibility index (Phi) is 6.64. The van der Waals surface area contributed by atoms with E-state index in [1.54, 1.807) is 14.0 Å². The van der Waals surface area contributed by atoms with Crippen molar-refractivity contribution in [3.05, 3.63) is 17.6 Å². The van der Waals surface area contributed by atoms with E-state index in [0.717, 1.165) is 12.8 Å². The first kappa shape index (κ1) is 20.0. The molecule has 132 valence electrons. The molecule has 2 heterocycles. The highest BCUT2D eigenvalue weighted by molar-refractivity contribution is 7.89. The Morgan fingerprint density at radius 2 is 2.00 bits per heavy atom. The first-order chi connectivity index (χ1) is 10.3. The average molecular weight is 366 g/mol. The highest BCUT2D eigenvalue weighted by Crippen LogP contribution is 2.27. The number of carbonyl (C=O) groups is 1. The first-order valence-corrected chi connectivity index (χ1v) is 8.81. The van der Waals surface area contributed by atoms with Gasteiger partial charge in [0.2, 0.25) is 10.0 Å². The third-order valence-electron chi connectivity index (χ3n) is 4.09. The van der Waals surface area contributed by atoms with Crippen LogP contribution in [0.4, 0.5) is 0 Å². The molecule has 1 aromatic heterocycles. The molecule has 1 atom stereocenters. The molecule has 9 heteroatoms. The van der Waals surface area contributed by atoms with Gasteiger partial charge in [-0.3, -0.25) is 4.79 Å². The summed E-state index contributed by atoms with van der Waals surface area (Å²) in [6.45, 7) is 4.73. The van der Waals surface area contributed by atoms with Crippen LogP contribution in [0.5, 0.6) is 0 Å². The maximum atomic E-state index is 12.6. The number of halogens is 1. The van der Waals surface area contributed by atoms with E-state index in [1.165, 1.54) is 15.3 Å². The quantitative estimate of drug-likeness (QED) is 0.845. The predicted molar refractivity (Wildman–Crippen MR) is 89.3 cm³/mol. The maximum absolute atomic E-state index is 12.6. The Morgan fingerprint density at radius 3 is 2.52 bits per heavy atom. The molecule has 0 aliphatic carbocycles. The molecule has 1 unspecified atom stereocenters. The van der Waals surface area contributed by atoms with E-state index in [4.69, 9.17) is 10.2 Å². The number of aryl methyl sites for hydroxylation is 1. The zero-order chi connectivity index (χ0) is 16.5. The summed E-state index contributed by atoms with van der Waals surface area (Å²) in [5, 5.41) is 0. The van der Waals surface area contributed by atoms with Crippen molar-refractivity contribution >= 4 is 28.3 Å². The topological polar surface area (TPSA) is 96.8 Å². The Bertz CT molecular complexity index is 653. The average Bonchev–Trinajstić information content (AvgIpc) is 3.14. The van der Waals surface area contributed by atoms with E-state index in [2.05, 4.69) is 0 Å².